The van der Waals surface area contributed by atoms with Crippen molar-refractivity contribution in [2.24, 2.45) is 0 Å². The molecule has 2 heteroatoms. The van der Waals surface area contributed by atoms with Crippen LogP contribution >= 0.6 is 0 Å². The maximum atomic E-state index is 4.15. The second kappa shape index (κ2) is 4.13. The number of hydrogen-bond donors (Lipinski definition) is 1. The van der Waals surface area contributed by atoms with Crippen LogP contribution in [0, 0.1) is 13.8 Å². The molecule has 1 N–H and O–H groups in total. The van der Waals surface area contributed by atoms with E-state index >= 15 is 0 Å². The standard InChI is InChI=1S/C13H14N2/c1-10-4-3-5-11(2)13(10)7-6-12-8-14-9-15-12/h3-9H,1-2H3,(H,14,15)/b7-6+. The number of nitrogens with one attached hydrogen (secondary N) is 1. The second-order valence-electron chi connectivity index (χ2n) is 3.63. The van der Waals surface area contributed by atoms with Crippen LogP contribution in [0.4, 0.5) is 0 Å². The van der Waals surface area contributed by atoms with E-state index < -0.39 is 0 Å². The Labute approximate surface area is 89.7 Å². The minimum atomic E-state index is 0.956. The topological polar surface area (TPSA) is 28.7 Å². The molecule has 0 fully saturated rings. The highest BCUT2D eigenvalue weighted by Gasteiger charge is 1.97. The second-order valence-corrected chi connectivity index (χ2v) is 3.63. The number of imidazole rings is 1. The van der Waals surface area contributed by atoms with Gasteiger partial charge in [0.1, 0.15) is 0 Å². The highest BCUT2D eigenvalue weighted by molar-refractivity contribution is 5.71. The number of hydrogen-bond acceptors (Lipinski definition) is 1. The fraction of sp³-hybridized carbons (Fsp3) is 0.154. The lowest BCUT2D eigenvalue weighted by Crippen LogP contribution is -1.84. The van der Waals surface area contributed by atoms with Gasteiger partial charge in [-0.1, -0.05) is 24.3 Å². The molecule has 0 saturated carbocycles. The first kappa shape index (κ1) is 9.71. The third-order valence-corrected chi connectivity index (χ3v) is 2.48. The molecule has 2 nitrogen and oxygen atoms in total. The van der Waals surface area contributed by atoms with Crippen molar-refractivity contribution in [1.82, 2.24) is 9.97 Å². The first-order chi connectivity index (χ1) is 7.27. The number of aromatic amines is 1. The van der Waals surface area contributed by atoms with Gasteiger partial charge < -0.3 is 4.98 Å². The Balaban J connectivity index is 2.32. The van der Waals surface area contributed by atoms with Gasteiger partial charge in [0.2, 0.25) is 0 Å². The maximum absolute atomic E-state index is 4.15. The molecule has 1 aromatic carbocycles. The first-order valence-electron chi connectivity index (χ1n) is 5.00. The number of H-pyrrole nitrogens is 1. The lowest BCUT2D eigenvalue weighted by molar-refractivity contribution is 1.31. The van der Waals surface area contributed by atoms with Gasteiger partial charge in [-0.25, -0.2) is 4.98 Å². The monoisotopic (exact) mass is 198 g/mol. The molecule has 15 heavy (non-hydrogen) atoms. The van der Waals surface area contributed by atoms with E-state index in [9.17, 15) is 0 Å². The summed E-state index contributed by atoms with van der Waals surface area (Å²) in [6, 6.07) is 6.32. The predicted molar refractivity (Wildman–Crippen MR) is 63.4 cm³/mol. The molecule has 0 radical (unpaired) electrons. The number of aromatic nitrogens is 2. The minimum Gasteiger partial charge on any atom is -0.351 e. The smallest absolute Gasteiger partial charge is 0.0927 e. The summed E-state index contributed by atoms with van der Waals surface area (Å²) in [7, 11) is 0. The molecule has 2 rings (SSSR count). The third-order valence-electron chi connectivity index (χ3n) is 2.48. The summed E-state index contributed by atoms with van der Waals surface area (Å²) in [5.74, 6) is 0. The van der Waals surface area contributed by atoms with Gasteiger partial charge >= 0.3 is 0 Å². The Morgan fingerprint density at radius 1 is 1.13 bits per heavy atom. The number of nitrogens with zero attached hydrogens (tertiary/aromatic N) is 1. The number of aryl methyl sites for hydroxylation is 2. The Bertz CT molecular complexity index is 447. The average molecular weight is 198 g/mol. The van der Waals surface area contributed by atoms with Gasteiger partial charge in [0.15, 0.2) is 0 Å². The van der Waals surface area contributed by atoms with E-state index in [0.717, 1.165) is 5.69 Å². The van der Waals surface area contributed by atoms with Crippen LogP contribution < -0.4 is 0 Å². The van der Waals surface area contributed by atoms with Gasteiger partial charge in [0.05, 0.1) is 12.0 Å². The van der Waals surface area contributed by atoms with Crippen LogP contribution in [-0.4, -0.2) is 9.97 Å². The lowest BCUT2D eigenvalue weighted by Gasteiger charge is -2.03. The molecule has 0 saturated heterocycles. The van der Waals surface area contributed by atoms with E-state index in [1.807, 2.05) is 12.3 Å². The van der Waals surface area contributed by atoms with Crippen molar-refractivity contribution >= 4 is 12.2 Å². The van der Waals surface area contributed by atoms with Crippen LogP contribution in [0.2, 0.25) is 0 Å². The van der Waals surface area contributed by atoms with Crippen molar-refractivity contribution in [3.8, 4) is 0 Å². The normalized spacial score (nSPS) is 11.1. The molecule has 0 atom stereocenters. The summed E-state index contributed by atoms with van der Waals surface area (Å²) in [4.78, 5) is 7.08. The summed E-state index contributed by atoms with van der Waals surface area (Å²) in [6.45, 7) is 4.24. The Morgan fingerprint density at radius 2 is 1.87 bits per heavy atom. The molecule has 0 amide bonds. The molecule has 0 aliphatic carbocycles. The van der Waals surface area contributed by atoms with E-state index in [0.29, 0.717) is 0 Å². The SMILES string of the molecule is Cc1cccc(C)c1/C=C/c1c[nH]cn1. The Kier molecular flexibility index (Phi) is 2.68. The Morgan fingerprint density at radius 3 is 2.47 bits per heavy atom. The molecule has 0 bridgehead atoms. The fourth-order valence-electron chi connectivity index (χ4n) is 1.62. The summed E-state index contributed by atoms with van der Waals surface area (Å²) >= 11 is 0. The molecule has 0 aliphatic heterocycles. The first-order valence-corrected chi connectivity index (χ1v) is 5.00. The molecular formula is C13H14N2. The van der Waals surface area contributed by atoms with Gasteiger partial charge in [0.25, 0.3) is 0 Å². The third kappa shape index (κ3) is 2.15. The zero-order chi connectivity index (χ0) is 10.7. The van der Waals surface area contributed by atoms with E-state index in [4.69, 9.17) is 0 Å². The van der Waals surface area contributed by atoms with Crippen molar-refractivity contribution in [2.45, 2.75) is 13.8 Å². The van der Waals surface area contributed by atoms with Crippen molar-refractivity contribution in [3.05, 3.63) is 53.1 Å². The summed E-state index contributed by atoms with van der Waals surface area (Å²) in [5, 5.41) is 0. The molecule has 0 spiro atoms. The Hall–Kier alpha value is -1.83. The van der Waals surface area contributed by atoms with Gasteiger partial charge in [-0.3, -0.25) is 0 Å². The zero-order valence-corrected chi connectivity index (χ0v) is 8.99. The highest BCUT2D eigenvalue weighted by atomic mass is 14.8. The molecule has 76 valence electrons. The zero-order valence-electron chi connectivity index (χ0n) is 8.99. The number of rotatable bonds is 2. The van der Waals surface area contributed by atoms with Gasteiger partial charge in [-0.15, -0.1) is 0 Å². The van der Waals surface area contributed by atoms with E-state index in [1.54, 1.807) is 6.33 Å². The quantitative estimate of drug-likeness (QED) is 0.788. The van der Waals surface area contributed by atoms with Crippen LogP contribution in [0.5, 0.6) is 0 Å². The predicted octanol–water partition coefficient (Wildman–Crippen LogP) is 3.20. The number of benzene rings is 1. The molecule has 1 heterocycles. The van der Waals surface area contributed by atoms with Gasteiger partial charge in [0, 0.05) is 6.20 Å². The molecule has 0 aliphatic rings. The van der Waals surface area contributed by atoms with Crippen molar-refractivity contribution in [3.63, 3.8) is 0 Å². The molecule has 0 unspecified atom stereocenters. The van der Waals surface area contributed by atoms with E-state index in [1.165, 1.54) is 16.7 Å². The van der Waals surface area contributed by atoms with Crippen molar-refractivity contribution in [2.75, 3.05) is 0 Å². The van der Waals surface area contributed by atoms with Crippen molar-refractivity contribution in [1.29, 1.82) is 0 Å². The van der Waals surface area contributed by atoms with E-state index in [2.05, 4.69) is 48.1 Å². The minimum absolute atomic E-state index is 0.956. The van der Waals surface area contributed by atoms with Crippen molar-refractivity contribution < 1.29 is 0 Å². The summed E-state index contributed by atoms with van der Waals surface area (Å²) in [5.41, 5.74) is 4.82. The van der Waals surface area contributed by atoms with Gasteiger partial charge in [-0.2, -0.15) is 0 Å². The van der Waals surface area contributed by atoms with Crippen LogP contribution in [0.1, 0.15) is 22.4 Å². The fourth-order valence-corrected chi connectivity index (χ4v) is 1.62. The van der Waals surface area contributed by atoms with Crippen LogP contribution in [-0.2, 0) is 0 Å². The lowest BCUT2D eigenvalue weighted by atomic mass is 10.0. The maximum Gasteiger partial charge on any atom is 0.0927 e. The summed E-state index contributed by atoms with van der Waals surface area (Å²) < 4.78 is 0. The van der Waals surface area contributed by atoms with Crippen LogP contribution in [0.3, 0.4) is 0 Å². The molecule has 2 aromatic rings. The van der Waals surface area contributed by atoms with Crippen LogP contribution in [0.25, 0.3) is 12.2 Å². The average Bonchev–Trinajstić information content (AvgIpc) is 2.70. The van der Waals surface area contributed by atoms with Gasteiger partial charge in [-0.05, 0) is 36.6 Å². The highest BCUT2D eigenvalue weighted by Crippen LogP contribution is 2.16. The molecular weight excluding hydrogens is 184 g/mol. The molecule has 1 aromatic heterocycles. The van der Waals surface area contributed by atoms with E-state index in [-0.39, 0.29) is 0 Å². The summed E-state index contributed by atoms with van der Waals surface area (Å²) in [6.07, 6.45) is 7.70. The van der Waals surface area contributed by atoms with Crippen LogP contribution in [0.15, 0.2) is 30.7 Å². The largest absolute Gasteiger partial charge is 0.351 e.